The van der Waals surface area contributed by atoms with Gasteiger partial charge in [-0.1, -0.05) is 24.3 Å². The monoisotopic (exact) mass is 323 g/mol. The molecule has 0 amide bonds. The highest BCUT2D eigenvalue weighted by atomic mass is 16.5. The Morgan fingerprint density at radius 3 is 2.62 bits per heavy atom. The molecule has 124 valence electrons. The van der Waals surface area contributed by atoms with Crippen molar-refractivity contribution >= 4 is 5.82 Å². The van der Waals surface area contributed by atoms with Gasteiger partial charge in [0.2, 0.25) is 0 Å². The van der Waals surface area contributed by atoms with Gasteiger partial charge in [0.15, 0.2) is 11.5 Å². The molecule has 2 aromatic carbocycles. The molecule has 0 aliphatic carbocycles. The number of nitrogens with one attached hydrogen (secondary N) is 1. The fraction of sp³-hybridized carbons (Fsp3) is 0.211. The van der Waals surface area contributed by atoms with Crippen LogP contribution in [0.4, 0.5) is 5.82 Å². The number of hydrogen-bond acceptors (Lipinski definition) is 4. The lowest BCUT2D eigenvalue weighted by molar-refractivity contribution is 0.310. The summed E-state index contributed by atoms with van der Waals surface area (Å²) in [7, 11) is 1.65. The zero-order valence-corrected chi connectivity index (χ0v) is 13.9. The highest BCUT2D eigenvalue weighted by Crippen LogP contribution is 2.28. The van der Waals surface area contributed by atoms with Crippen molar-refractivity contribution in [3.8, 4) is 17.2 Å². The van der Waals surface area contributed by atoms with Crippen LogP contribution in [0.15, 0.2) is 60.8 Å². The Bertz CT molecular complexity index is 784. The summed E-state index contributed by atoms with van der Waals surface area (Å²) in [6.45, 7) is 3.23. The first kappa shape index (κ1) is 15.9. The molecule has 0 saturated heterocycles. The van der Waals surface area contributed by atoms with E-state index in [1.54, 1.807) is 7.11 Å². The fourth-order valence-electron chi connectivity index (χ4n) is 2.43. The van der Waals surface area contributed by atoms with Crippen molar-refractivity contribution in [2.24, 2.45) is 0 Å². The Balaban J connectivity index is 1.67. The van der Waals surface area contributed by atoms with Crippen molar-refractivity contribution in [3.63, 3.8) is 0 Å². The third kappa shape index (κ3) is 3.68. The summed E-state index contributed by atoms with van der Waals surface area (Å²) in [6, 6.07) is 17.9. The molecule has 0 aliphatic rings. The number of rotatable bonds is 7. The Labute approximate surface area is 141 Å². The Hall–Kier alpha value is -2.95. The molecule has 1 heterocycles. The molecule has 5 nitrogen and oxygen atoms in total. The Morgan fingerprint density at radius 2 is 1.88 bits per heavy atom. The van der Waals surface area contributed by atoms with Crippen LogP contribution in [0.5, 0.6) is 11.5 Å². The standard InChI is InChI=1S/C19H21N3O2/c1-3-24-17-10-9-15(13-18(17)23-2)14-20-19-11-12-22(21-19)16-7-5-4-6-8-16/h4-13H,3,14H2,1-2H3,(H,20,21). The second-order valence-corrected chi connectivity index (χ2v) is 5.25. The average molecular weight is 323 g/mol. The molecule has 0 atom stereocenters. The van der Waals surface area contributed by atoms with Gasteiger partial charge in [0.1, 0.15) is 5.82 Å². The molecule has 0 fully saturated rings. The van der Waals surface area contributed by atoms with Gasteiger partial charge in [-0.2, -0.15) is 5.10 Å². The second-order valence-electron chi connectivity index (χ2n) is 5.25. The summed E-state index contributed by atoms with van der Waals surface area (Å²) in [5, 5.41) is 7.86. The van der Waals surface area contributed by atoms with Crippen LogP contribution in [0.1, 0.15) is 12.5 Å². The lowest BCUT2D eigenvalue weighted by Crippen LogP contribution is -2.03. The molecule has 3 rings (SSSR count). The number of hydrogen-bond donors (Lipinski definition) is 1. The van der Waals surface area contributed by atoms with E-state index < -0.39 is 0 Å². The fourth-order valence-corrected chi connectivity index (χ4v) is 2.43. The normalized spacial score (nSPS) is 10.4. The Kier molecular flexibility index (Phi) is 5.01. The molecule has 0 radical (unpaired) electrons. The van der Waals surface area contributed by atoms with Gasteiger partial charge in [-0.25, -0.2) is 4.68 Å². The first-order chi connectivity index (χ1) is 11.8. The topological polar surface area (TPSA) is 48.3 Å². The van der Waals surface area contributed by atoms with Gasteiger partial charge in [-0.05, 0) is 36.8 Å². The molecule has 3 aromatic rings. The quantitative estimate of drug-likeness (QED) is 0.716. The van der Waals surface area contributed by atoms with E-state index in [0.29, 0.717) is 13.2 Å². The van der Waals surface area contributed by atoms with E-state index in [2.05, 4.69) is 10.4 Å². The van der Waals surface area contributed by atoms with Gasteiger partial charge < -0.3 is 14.8 Å². The minimum Gasteiger partial charge on any atom is -0.493 e. The molecule has 1 N–H and O–H groups in total. The number of nitrogens with zero attached hydrogens (tertiary/aromatic N) is 2. The van der Waals surface area contributed by atoms with Gasteiger partial charge in [0, 0.05) is 18.8 Å². The van der Waals surface area contributed by atoms with Crippen LogP contribution < -0.4 is 14.8 Å². The van der Waals surface area contributed by atoms with Crippen LogP contribution in [0.3, 0.4) is 0 Å². The van der Waals surface area contributed by atoms with Gasteiger partial charge in [-0.3, -0.25) is 0 Å². The number of para-hydroxylation sites is 1. The van der Waals surface area contributed by atoms with Crippen LogP contribution in [0.2, 0.25) is 0 Å². The third-order valence-corrected chi connectivity index (χ3v) is 3.61. The van der Waals surface area contributed by atoms with Crippen molar-refractivity contribution in [2.45, 2.75) is 13.5 Å². The SMILES string of the molecule is CCOc1ccc(CNc2ccn(-c3ccccc3)n2)cc1OC. The lowest BCUT2D eigenvalue weighted by atomic mass is 10.2. The first-order valence-corrected chi connectivity index (χ1v) is 7.95. The third-order valence-electron chi connectivity index (χ3n) is 3.61. The minimum absolute atomic E-state index is 0.616. The van der Waals surface area contributed by atoms with Crippen LogP contribution in [-0.2, 0) is 6.54 Å². The van der Waals surface area contributed by atoms with Crippen molar-refractivity contribution < 1.29 is 9.47 Å². The van der Waals surface area contributed by atoms with Crippen LogP contribution in [0.25, 0.3) is 5.69 Å². The molecule has 5 heteroatoms. The number of aromatic nitrogens is 2. The van der Waals surface area contributed by atoms with Crippen molar-refractivity contribution in [2.75, 3.05) is 19.0 Å². The predicted octanol–water partition coefficient (Wildman–Crippen LogP) is 3.89. The van der Waals surface area contributed by atoms with Crippen LogP contribution in [0, 0.1) is 0 Å². The highest BCUT2D eigenvalue weighted by molar-refractivity contribution is 5.45. The maximum Gasteiger partial charge on any atom is 0.161 e. The predicted molar refractivity (Wildman–Crippen MR) is 95.1 cm³/mol. The van der Waals surface area contributed by atoms with E-state index in [1.807, 2.05) is 72.4 Å². The summed E-state index contributed by atoms with van der Waals surface area (Å²) in [6.07, 6.45) is 1.94. The summed E-state index contributed by atoms with van der Waals surface area (Å²) in [4.78, 5) is 0. The number of benzene rings is 2. The summed E-state index contributed by atoms with van der Waals surface area (Å²) >= 11 is 0. The van der Waals surface area contributed by atoms with E-state index >= 15 is 0 Å². The highest BCUT2D eigenvalue weighted by Gasteiger charge is 2.06. The van der Waals surface area contributed by atoms with E-state index in [9.17, 15) is 0 Å². The number of methoxy groups -OCH3 is 1. The molecule has 0 unspecified atom stereocenters. The van der Waals surface area contributed by atoms with Gasteiger partial charge in [-0.15, -0.1) is 0 Å². The van der Waals surface area contributed by atoms with E-state index in [1.165, 1.54) is 0 Å². The molecule has 24 heavy (non-hydrogen) atoms. The number of anilines is 1. The largest absolute Gasteiger partial charge is 0.493 e. The van der Waals surface area contributed by atoms with Gasteiger partial charge in [0.25, 0.3) is 0 Å². The average Bonchev–Trinajstić information content (AvgIpc) is 3.11. The molecular weight excluding hydrogens is 302 g/mol. The molecule has 0 saturated carbocycles. The smallest absolute Gasteiger partial charge is 0.161 e. The zero-order valence-electron chi connectivity index (χ0n) is 13.9. The van der Waals surface area contributed by atoms with E-state index in [-0.39, 0.29) is 0 Å². The molecule has 1 aromatic heterocycles. The van der Waals surface area contributed by atoms with Gasteiger partial charge >= 0.3 is 0 Å². The van der Waals surface area contributed by atoms with Crippen molar-refractivity contribution in [3.05, 3.63) is 66.4 Å². The molecule has 0 aliphatic heterocycles. The second kappa shape index (κ2) is 7.55. The van der Waals surface area contributed by atoms with Crippen molar-refractivity contribution in [1.82, 2.24) is 9.78 Å². The van der Waals surface area contributed by atoms with Crippen LogP contribution in [-0.4, -0.2) is 23.5 Å². The summed E-state index contributed by atoms with van der Waals surface area (Å²) in [5.41, 5.74) is 2.14. The summed E-state index contributed by atoms with van der Waals surface area (Å²) < 4.78 is 12.8. The van der Waals surface area contributed by atoms with E-state index in [4.69, 9.17) is 9.47 Å². The molecular formula is C19H21N3O2. The minimum atomic E-state index is 0.616. The van der Waals surface area contributed by atoms with E-state index in [0.717, 1.165) is 28.6 Å². The van der Waals surface area contributed by atoms with Crippen LogP contribution >= 0.6 is 0 Å². The maximum atomic E-state index is 5.54. The first-order valence-electron chi connectivity index (χ1n) is 7.95. The lowest BCUT2D eigenvalue weighted by Gasteiger charge is -2.11. The van der Waals surface area contributed by atoms with Crippen molar-refractivity contribution in [1.29, 1.82) is 0 Å². The number of ether oxygens (including phenoxy) is 2. The maximum absolute atomic E-state index is 5.54. The van der Waals surface area contributed by atoms with Gasteiger partial charge in [0.05, 0.1) is 19.4 Å². The molecule has 0 spiro atoms. The zero-order chi connectivity index (χ0) is 16.8. The Morgan fingerprint density at radius 1 is 1.04 bits per heavy atom. The molecule has 0 bridgehead atoms. The summed E-state index contributed by atoms with van der Waals surface area (Å²) in [5.74, 6) is 2.33.